The summed E-state index contributed by atoms with van der Waals surface area (Å²) in [5, 5.41) is 13.7. The maximum atomic E-state index is 13.3. The number of hydrogen-bond acceptors (Lipinski definition) is 6. The second-order valence-electron chi connectivity index (χ2n) is 7.65. The Balaban J connectivity index is 2.44. The topological polar surface area (TPSA) is 95.8 Å². The average molecular weight is 509 g/mol. The summed E-state index contributed by atoms with van der Waals surface area (Å²) in [4.78, 5) is 16.2. The monoisotopic (exact) mass is 508 g/mol. The molecule has 0 fully saturated rings. The van der Waals surface area contributed by atoms with Crippen LogP contribution in [-0.4, -0.2) is 45.8 Å². The summed E-state index contributed by atoms with van der Waals surface area (Å²) in [6.07, 6.45) is -3.90. The summed E-state index contributed by atoms with van der Waals surface area (Å²) < 4.78 is 62.5. The van der Waals surface area contributed by atoms with Crippen molar-refractivity contribution in [1.29, 1.82) is 5.41 Å². The molecule has 0 saturated carbocycles. The third-order valence-corrected chi connectivity index (χ3v) is 5.28. The van der Waals surface area contributed by atoms with Gasteiger partial charge < -0.3 is 25.5 Å². The molecule has 2 aromatic carbocycles. The smallest absolute Gasteiger partial charge is 0.416 e. The molecule has 0 aliphatic carbocycles. The van der Waals surface area contributed by atoms with Gasteiger partial charge in [0.25, 0.3) is 0 Å². The number of carbonyl (C=O) groups excluding carboxylic acids is 1. The molecule has 0 aliphatic heterocycles. The lowest BCUT2D eigenvalue weighted by Crippen LogP contribution is -2.27. The fourth-order valence-electron chi connectivity index (χ4n) is 3.26. The van der Waals surface area contributed by atoms with Crippen molar-refractivity contribution >= 4 is 17.8 Å². The van der Waals surface area contributed by atoms with Crippen molar-refractivity contribution < 1.29 is 31.8 Å². The number of aliphatic imine (C=N–C) groups is 1. The summed E-state index contributed by atoms with van der Waals surface area (Å²) in [6, 6.07) is 9.13. The highest BCUT2D eigenvalue weighted by atomic mass is 19.4. The number of ether oxygens (including phenoxy) is 2. The number of aldehydes is 1. The SMILES string of the molecule is CN/C(Cc1ccc(OC)c(OC)c1)=N\C(NC(C)c1ccc(C(F)(F)F)cc1)=C(/C=O)C(=N)CF. The number of likely N-dealkylation sites (N-methyl/N-ethyl adjacent to an activating group) is 1. The Kier molecular flexibility index (Phi) is 10.0. The van der Waals surface area contributed by atoms with E-state index in [1.54, 1.807) is 32.2 Å². The zero-order chi connectivity index (χ0) is 26.9. The normalized spacial score (nSPS) is 13.4. The number of nitrogens with zero attached hydrogens (tertiary/aromatic N) is 1. The number of allylic oxidation sites excluding steroid dienone is 1. The summed E-state index contributed by atoms with van der Waals surface area (Å²) in [7, 11) is 4.62. The van der Waals surface area contributed by atoms with Gasteiger partial charge >= 0.3 is 6.18 Å². The number of hydrogen-bond donors (Lipinski definition) is 3. The molecule has 0 bridgehead atoms. The van der Waals surface area contributed by atoms with Crippen molar-refractivity contribution in [3.8, 4) is 11.5 Å². The lowest BCUT2D eigenvalue weighted by atomic mass is 10.1. The second kappa shape index (κ2) is 12.7. The quantitative estimate of drug-likeness (QED) is 0.135. The minimum atomic E-state index is -4.47. The Morgan fingerprint density at radius 1 is 1.11 bits per heavy atom. The molecule has 2 aromatic rings. The van der Waals surface area contributed by atoms with Crippen molar-refractivity contribution in [3.63, 3.8) is 0 Å². The van der Waals surface area contributed by atoms with Gasteiger partial charge in [0.15, 0.2) is 17.8 Å². The molecule has 0 aromatic heterocycles. The number of amidine groups is 1. The highest BCUT2D eigenvalue weighted by Gasteiger charge is 2.30. The minimum Gasteiger partial charge on any atom is -0.493 e. The van der Waals surface area contributed by atoms with Gasteiger partial charge in [0.2, 0.25) is 0 Å². The van der Waals surface area contributed by atoms with Crippen molar-refractivity contribution in [2.24, 2.45) is 4.99 Å². The van der Waals surface area contributed by atoms with E-state index in [-0.39, 0.29) is 17.8 Å². The minimum absolute atomic E-state index is 0.0927. The van der Waals surface area contributed by atoms with Gasteiger partial charge in [-0.2, -0.15) is 13.2 Å². The molecule has 1 unspecified atom stereocenters. The first kappa shape index (κ1) is 28.3. The summed E-state index contributed by atoms with van der Waals surface area (Å²) in [5.41, 5.74) is -0.441. The lowest BCUT2D eigenvalue weighted by molar-refractivity contribution is -0.137. The third kappa shape index (κ3) is 7.30. The van der Waals surface area contributed by atoms with Crippen molar-refractivity contribution in [2.45, 2.75) is 25.6 Å². The first-order valence-corrected chi connectivity index (χ1v) is 10.8. The van der Waals surface area contributed by atoms with Crippen LogP contribution in [0.25, 0.3) is 0 Å². The fraction of sp³-hybridized carbons (Fsp3) is 0.320. The van der Waals surface area contributed by atoms with E-state index in [2.05, 4.69) is 15.6 Å². The van der Waals surface area contributed by atoms with E-state index in [1.165, 1.54) is 26.4 Å². The molecule has 0 radical (unpaired) electrons. The van der Waals surface area contributed by atoms with Gasteiger partial charge in [-0.15, -0.1) is 0 Å². The van der Waals surface area contributed by atoms with Crippen LogP contribution in [0.5, 0.6) is 11.5 Å². The molecule has 2 rings (SSSR count). The Morgan fingerprint density at radius 2 is 1.75 bits per heavy atom. The van der Waals surface area contributed by atoms with Crippen LogP contribution in [0.15, 0.2) is 58.9 Å². The van der Waals surface area contributed by atoms with Crippen LogP contribution in [0, 0.1) is 5.41 Å². The summed E-state index contributed by atoms with van der Waals surface area (Å²) in [5.74, 6) is 1.32. The first-order valence-electron chi connectivity index (χ1n) is 10.8. The first-order chi connectivity index (χ1) is 17.1. The van der Waals surface area contributed by atoms with Crippen LogP contribution in [0.2, 0.25) is 0 Å². The van der Waals surface area contributed by atoms with Crippen LogP contribution in [0.3, 0.4) is 0 Å². The van der Waals surface area contributed by atoms with Crippen molar-refractivity contribution in [1.82, 2.24) is 10.6 Å². The van der Waals surface area contributed by atoms with E-state index in [4.69, 9.17) is 14.9 Å². The molecule has 11 heteroatoms. The lowest BCUT2D eigenvalue weighted by Gasteiger charge is -2.19. The van der Waals surface area contributed by atoms with Gasteiger partial charge in [-0.1, -0.05) is 18.2 Å². The maximum Gasteiger partial charge on any atom is 0.416 e. The number of benzene rings is 2. The predicted octanol–water partition coefficient (Wildman–Crippen LogP) is 4.63. The van der Waals surface area contributed by atoms with E-state index in [1.807, 2.05) is 0 Å². The van der Waals surface area contributed by atoms with Crippen LogP contribution in [0.4, 0.5) is 17.6 Å². The van der Waals surface area contributed by atoms with Gasteiger partial charge in [-0.25, -0.2) is 9.38 Å². The zero-order valence-electron chi connectivity index (χ0n) is 20.3. The van der Waals surface area contributed by atoms with E-state index < -0.39 is 30.2 Å². The van der Waals surface area contributed by atoms with Crippen LogP contribution in [-0.2, 0) is 17.4 Å². The van der Waals surface area contributed by atoms with E-state index >= 15 is 0 Å². The van der Waals surface area contributed by atoms with Crippen molar-refractivity contribution in [3.05, 3.63) is 70.5 Å². The van der Waals surface area contributed by atoms with E-state index in [9.17, 15) is 22.4 Å². The Morgan fingerprint density at radius 3 is 2.25 bits per heavy atom. The van der Waals surface area contributed by atoms with Gasteiger partial charge in [-0.05, 0) is 42.3 Å². The molecule has 7 nitrogen and oxygen atoms in total. The second-order valence-corrected chi connectivity index (χ2v) is 7.65. The van der Waals surface area contributed by atoms with E-state index in [0.29, 0.717) is 29.2 Å². The number of methoxy groups -OCH3 is 2. The molecule has 3 N–H and O–H groups in total. The van der Waals surface area contributed by atoms with Gasteiger partial charge in [0.1, 0.15) is 18.3 Å². The molecule has 36 heavy (non-hydrogen) atoms. The average Bonchev–Trinajstić information content (AvgIpc) is 2.87. The number of nitrogens with one attached hydrogen (secondary N) is 3. The molecule has 0 heterocycles. The highest BCUT2D eigenvalue weighted by Crippen LogP contribution is 2.30. The van der Waals surface area contributed by atoms with Gasteiger partial charge in [0.05, 0.1) is 31.1 Å². The standard InChI is InChI=1S/C25H28F4N4O3/c1-15(17-6-8-18(9-7-17)25(27,28)29)32-24(19(14-34)20(30)13-26)33-23(31-2)12-16-5-10-21(35-3)22(11-16)36-4/h5-11,14-15,30,32H,12-13H2,1-4H3,(H,31,33)/b24-19+,30-20?. The maximum absolute atomic E-state index is 13.3. The molecule has 1 atom stereocenters. The van der Waals surface area contributed by atoms with Crippen molar-refractivity contribution in [2.75, 3.05) is 27.9 Å². The molecule has 194 valence electrons. The van der Waals surface area contributed by atoms with Crippen LogP contribution in [0.1, 0.15) is 29.7 Å². The fourth-order valence-corrected chi connectivity index (χ4v) is 3.26. The number of alkyl halides is 4. The molecular weight excluding hydrogens is 480 g/mol. The summed E-state index contributed by atoms with van der Waals surface area (Å²) in [6.45, 7) is 0.445. The molecule has 0 amide bonds. The van der Waals surface area contributed by atoms with Gasteiger partial charge in [-0.3, -0.25) is 4.79 Å². The Labute approximate surface area is 206 Å². The number of carbonyl (C=O) groups is 1. The molecular formula is C25H28F4N4O3. The largest absolute Gasteiger partial charge is 0.493 e. The molecule has 0 spiro atoms. The Hall–Kier alpha value is -3.89. The number of rotatable bonds is 11. The third-order valence-electron chi connectivity index (χ3n) is 5.28. The zero-order valence-corrected chi connectivity index (χ0v) is 20.3. The molecule has 0 aliphatic rings. The van der Waals surface area contributed by atoms with Gasteiger partial charge in [0, 0.05) is 19.5 Å². The Bertz CT molecular complexity index is 1130. The highest BCUT2D eigenvalue weighted by molar-refractivity contribution is 6.14. The summed E-state index contributed by atoms with van der Waals surface area (Å²) >= 11 is 0. The van der Waals surface area contributed by atoms with Crippen LogP contribution >= 0.6 is 0 Å². The van der Waals surface area contributed by atoms with E-state index in [0.717, 1.165) is 17.7 Å². The predicted molar refractivity (Wildman–Crippen MR) is 130 cm³/mol. The number of halogens is 4. The molecule has 0 saturated heterocycles. The van der Waals surface area contributed by atoms with Crippen LogP contribution < -0.4 is 20.1 Å².